The smallest absolute Gasteiger partial charge is 0.188 e. The first-order chi connectivity index (χ1) is 13.4. The van der Waals surface area contributed by atoms with Crippen molar-refractivity contribution in [2.24, 2.45) is 0 Å². The van der Waals surface area contributed by atoms with Crippen molar-refractivity contribution in [1.29, 1.82) is 0 Å². The minimum atomic E-state index is 0.615. The molecule has 5 rings (SSSR count). The first-order valence-electron chi connectivity index (χ1n) is 10.6. The van der Waals surface area contributed by atoms with E-state index in [4.69, 9.17) is 0 Å². The maximum absolute atomic E-state index is 2.73. The third-order valence-corrected chi connectivity index (χ3v) is 6.44. The molecule has 1 fully saturated rings. The summed E-state index contributed by atoms with van der Waals surface area (Å²) in [7, 11) is 0. The van der Waals surface area contributed by atoms with Gasteiger partial charge in [-0.2, -0.15) is 4.57 Å². The van der Waals surface area contributed by atoms with Crippen molar-refractivity contribution in [2.75, 3.05) is 0 Å². The summed E-state index contributed by atoms with van der Waals surface area (Å²) in [5.74, 6) is 0. The molecule has 27 heavy (non-hydrogen) atoms. The fourth-order valence-electron chi connectivity index (χ4n) is 5.10. The van der Waals surface area contributed by atoms with Crippen molar-refractivity contribution in [3.63, 3.8) is 0 Å². The van der Waals surface area contributed by atoms with E-state index < -0.39 is 0 Å². The molecule has 0 N–H and O–H groups in total. The van der Waals surface area contributed by atoms with E-state index in [-0.39, 0.29) is 0 Å². The molecule has 2 aromatic carbocycles. The number of aryl methyl sites for hydroxylation is 2. The molecular formula is C26H28N+. The Kier molecular flexibility index (Phi) is 4.53. The molecule has 1 heteroatoms. The molecule has 2 aliphatic carbocycles. The Morgan fingerprint density at radius 1 is 0.630 bits per heavy atom. The van der Waals surface area contributed by atoms with Gasteiger partial charge >= 0.3 is 0 Å². The number of rotatable bonds is 2. The van der Waals surface area contributed by atoms with Crippen molar-refractivity contribution in [1.82, 2.24) is 0 Å². The van der Waals surface area contributed by atoms with Crippen molar-refractivity contribution in [3.8, 4) is 22.5 Å². The van der Waals surface area contributed by atoms with Crippen LogP contribution in [0.5, 0.6) is 0 Å². The van der Waals surface area contributed by atoms with E-state index in [2.05, 4.69) is 71.3 Å². The van der Waals surface area contributed by atoms with E-state index in [1.807, 2.05) is 0 Å². The molecule has 1 saturated carbocycles. The van der Waals surface area contributed by atoms with Crippen LogP contribution in [-0.2, 0) is 12.8 Å². The summed E-state index contributed by atoms with van der Waals surface area (Å²) in [6, 6.07) is 25.4. The standard InChI is InChI=1S/C26H28N/c1-2-7-14-23(13-6-1)27-25(21-11-4-3-5-12-21)19-18-22-17-16-20-10-8-9-15-24(20)26(22)27/h3-5,8-12,15,18-19,23H,1-2,6-7,13-14,16-17H2/q+1. The maximum atomic E-state index is 2.73. The number of aromatic nitrogens is 1. The molecule has 0 radical (unpaired) electrons. The quantitative estimate of drug-likeness (QED) is 0.375. The number of hydrogen-bond acceptors (Lipinski definition) is 0. The predicted molar refractivity (Wildman–Crippen MR) is 112 cm³/mol. The summed E-state index contributed by atoms with van der Waals surface area (Å²) in [6.07, 6.45) is 10.4. The van der Waals surface area contributed by atoms with Gasteiger partial charge in [0.25, 0.3) is 0 Å². The van der Waals surface area contributed by atoms with Crippen LogP contribution in [0.1, 0.15) is 55.7 Å². The van der Waals surface area contributed by atoms with Gasteiger partial charge in [-0.3, -0.25) is 0 Å². The molecule has 0 unspecified atom stereocenters. The summed E-state index contributed by atoms with van der Waals surface area (Å²) < 4.78 is 2.73. The highest BCUT2D eigenvalue weighted by atomic mass is 15.0. The fourth-order valence-corrected chi connectivity index (χ4v) is 5.10. The monoisotopic (exact) mass is 354 g/mol. The summed E-state index contributed by atoms with van der Waals surface area (Å²) in [6.45, 7) is 0. The van der Waals surface area contributed by atoms with Crippen LogP contribution in [0.4, 0.5) is 0 Å². The Morgan fingerprint density at radius 2 is 1.33 bits per heavy atom. The molecule has 1 heterocycles. The van der Waals surface area contributed by atoms with Gasteiger partial charge in [0.2, 0.25) is 11.4 Å². The van der Waals surface area contributed by atoms with Crippen LogP contribution in [-0.4, -0.2) is 0 Å². The second-order valence-electron chi connectivity index (χ2n) is 8.13. The fraction of sp³-hybridized carbons (Fsp3) is 0.346. The van der Waals surface area contributed by atoms with Gasteiger partial charge in [-0.05, 0) is 55.5 Å². The van der Waals surface area contributed by atoms with Gasteiger partial charge in [0.15, 0.2) is 6.04 Å². The minimum Gasteiger partial charge on any atom is -0.188 e. The number of hydrogen-bond donors (Lipinski definition) is 0. The number of fused-ring (bicyclic) bond motifs is 3. The molecule has 0 spiro atoms. The van der Waals surface area contributed by atoms with Gasteiger partial charge < -0.3 is 0 Å². The molecule has 0 aliphatic heterocycles. The van der Waals surface area contributed by atoms with Gasteiger partial charge in [0, 0.05) is 35.6 Å². The average Bonchev–Trinajstić information content (AvgIpc) is 3.03. The highest BCUT2D eigenvalue weighted by molar-refractivity contribution is 5.69. The molecule has 136 valence electrons. The first kappa shape index (κ1) is 16.7. The van der Waals surface area contributed by atoms with Crippen molar-refractivity contribution in [2.45, 2.75) is 57.4 Å². The Labute approximate surface area is 162 Å². The van der Waals surface area contributed by atoms with Gasteiger partial charge in [0.05, 0.1) is 0 Å². The number of pyridine rings is 1. The van der Waals surface area contributed by atoms with Gasteiger partial charge in [-0.15, -0.1) is 0 Å². The lowest BCUT2D eigenvalue weighted by Crippen LogP contribution is -2.45. The Bertz CT molecular complexity index is 934. The zero-order valence-corrected chi connectivity index (χ0v) is 16.0. The molecule has 0 atom stereocenters. The summed E-state index contributed by atoms with van der Waals surface area (Å²) >= 11 is 0. The third kappa shape index (κ3) is 3.10. The summed E-state index contributed by atoms with van der Waals surface area (Å²) in [5, 5.41) is 0. The van der Waals surface area contributed by atoms with Crippen molar-refractivity contribution >= 4 is 0 Å². The number of benzene rings is 2. The van der Waals surface area contributed by atoms with E-state index >= 15 is 0 Å². The SMILES string of the molecule is c1ccc(-c2ccc3c([n+]2C2CCCCCC2)-c2ccccc2CC3)cc1. The van der Waals surface area contributed by atoms with Crippen LogP contribution in [0.15, 0.2) is 66.7 Å². The lowest BCUT2D eigenvalue weighted by Gasteiger charge is -2.23. The van der Waals surface area contributed by atoms with E-state index in [0.717, 1.165) is 6.42 Å². The molecular weight excluding hydrogens is 326 g/mol. The molecule has 0 amide bonds. The van der Waals surface area contributed by atoms with Crippen molar-refractivity contribution < 1.29 is 4.57 Å². The van der Waals surface area contributed by atoms with Crippen LogP contribution in [0.3, 0.4) is 0 Å². The van der Waals surface area contributed by atoms with E-state index in [1.165, 1.54) is 78.6 Å². The highest BCUT2D eigenvalue weighted by Crippen LogP contribution is 2.36. The third-order valence-electron chi connectivity index (χ3n) is 6.44. The van der Waals surface area contributed by atoms with Crippen LogP contribution >= 0.6 is 0 Å². The number of nitrogens with zero attached hydrogens (tertiary/aromatic N) is 1. The molecule has 1 aromatic heterocycles. The Morgan fingerprint density at radius 3 is 2.15 bits per heavy atom. The molecule has 0 bridgehead atoms. The molecule has 0 saturated heterocycles. The molecule has 3 aromatic rings. The highest BCUT2D eigenvalue weighted by Gasteiger charge is 2.33. The maximum Gasteiger partial charge on any atom is 0.216 e. The van der Waals surface area contributed by atoms with E-state index in [1.54, 1.807) is 0 Å². The molecule has 2 aliphatic rings. The van der Waals surface area contributed by atoms with Crippen LogP contribution in [0.25, 0.3) is 22.5 Å². The van der Waals surface area contributed by atoms with Gasteiger partial charge in [-0.1, -0.05) is 49.2 Å². The van der Waals surface area contributed by atoms with Crippen LogP contribution in [0.2, 0.25) is 0 Å². The largest absolute Gasteiger partial charge is 0.216 e. The second-order valence-corrected chi connectivity index (χ2v) is 8.13. The van der Waals surface area contributed by atoms with Gasteiger partial charge in [0.1, 0.15) is 0 Å². The normalized spacial score (nSPS) is 17.0. The first-order valence-corrected chi connectivity index (χ1v) is 10.6. The second kappa shape index (κ2) is 7.31. The van der Waals surface area contributed by atoms with E-state index in [0.29, 0.717) is 6.04 Å². The average molecular weight is 355 g/mol. The lowest BCUT2D eigenvalue weighted by molar-refractivity contribution is -0.704. The van der Waals surface area contributed by atoms with E-state index in [9.17, 15) is 0 Å². The van der Waals surface area contributed by atoms with Crippen molar-refractivity contribution in [3.05, 3.63) is 77.9 Å². The lowest BCUT2D eigenvalue weighted by atomic mass is 9.87. The molecule has 1 nitrogen and oxygen atoms in total. The van der Waals surface area contributed by atoms with Crippen LogP contribution < -0.4 is 4.57 Å². The Hall–Kier alpha value is -2.41. The Balaban J connectivity index is 1.77. The summed E-state index contributed by atoms with van der Waals surface area (Å²) in [5.41, 5.74) is 8.71. The van der Waals surface area contributed by atoms with Gasteiger partial charge in [-0.25, -0.2) is 0 Å². The summed E-state index contributed by atoms with van der Waals surface area (Å²) in [4.78, 5) is 0. The predicted octanol–water partition coefficient (Wildman–Crippen LogP) is 6.30. The zero-order chi connectivity index (χ0) is 18.1. The van der Waals surface area contributed by atoms with Crippen LogP contribution in [0, 0.1) is 0 Å². The minimum absolute atomic E-state index is 0.615. The zero-order valence-electron chi connectivity index (χ0n) is 16.0. The topological polar surface area (TPSA) is 3.88 Å².